The van der Waals surface area contributed by atoms with Crippen LogP contribution in [0.4, 0.5) is 5.69 Å². The maximum absolute atomic E-state index is 13.0. The molecule has 1 N–H and O–H groups in total. The van der Waals surface area contributed by atoms with Crippen molar-refractivity contribution in [2.24, 2.45) is 0 Å². The first-order valence-corrected chi connectivity index (χ1v) is 11.3. The van der Waals surface area contributed by atoms with Gasteiger partial charge >= 0.3 is 0 Å². The number of benzene rings is 3. The van der Waals surface area contributed by atoms with Crippen LogP contribution in [0.5, 0.6) is 0 Å². The van der Waals surface area contributed by atoms with E-state index in [9.17, 15) is 4.79 Å². The number of carbonyl (C=O) groups is 1. The van der Waals surface area contributed by atoms with Crippen LogP contribution in [-0.2, 0) is 11.3 Å². The predicted molar refractivity (Wildman–Crippen MR) is 126 cm³/mol. The maximum atomic E-state index is 13.0. The van der Waals surface area contributed by atoms with E-state index in [-0.39, 0.29) is 5.91 Å². The molecule has 3 aromatic carbocycles. The predicted octanol–water partition coefficient (Wildman–Crippen LogP) is 5.05. The smallest absolute Gasteiger partial charge is 0.255 e. The van der Waals surface area contributed by atoms with Gasteiger partial charge in [-0.3, -0.25) is 9.69 Å². The van der Waals surface area contributed by atoms with Crippen molar-refractivity contribution in [3.05, 3.63) is 83.4 Å². The summed E-state index contributed by atoms with van der Waals surface area (Å²) in [5.74, 6) is -0.114. The molecule has 0 spiro atoms. The molecule has 2 heterocycles. The lowest BCUT2D eigenvalue weighted by atomic mass is 9.96. The topological polar surface area (TPSA) is 54.5 Å². The highest BCUT2D eigenvalue weighted by atomic mass is 32.1. The zero-order chi connectivity index (χ0) is 21.0. The lowest BCUT2D eigenvalue weighted by Gasteiger charge is -2.27. The van der Waals surface area contributed by atoms with Gasteiger partial charge in [0.15, 0.2) is 0 Å². The molecule has 1 aromatic heterocycles. The molecule has 1 amide bonds. The summed E-state index contributed by atoms with van der Waals surface area (Å²) in [6.45, 7) is 4.09. The summed E-state index contributed by atoms with van der Waals surface area (Å²) >= 11 is 1.59. The van der Waals surface area contributed by atoms with Crippen LogP contribution in [0.2, 0.25) is 0 Å². The van der Waals surface area contributed by atoms with Gasteiger partial charge in [0.2, 0.25) is 0 Å². The van der Waals surface area contributed by atoms with Gasteiger partial charge in [0, 0.05) is 30.9 Å². The van der Waals surface area contributed by atoms with Gasteiger partial charge in [0.05, 0.1) is 28.9 Å². The molecule has 1 aliphatic rings. The van der Waals surface area contributed by atoms with Crippen LogP contribution >= 0.6 is 11.3 Å². The summed E-state index contributed by atoms with van der Waals surface area (Å²) in [7, 11) is 0. The largest absolute Gasteiger partial charge is 0.379 e. The number of hydrogen-bond donors (Lipinski definition) is 1. The van der Waals surface area contributed by atoms with Gasteiger partial charge in [-0.2, -0.15) is 0 Å². The Labute approximate surface area is 185 Å². The van der Waals surface area contributed by atoms with Crippen molar-refractivity contribution in [2.45, 2.75) is 6.54 Å². The van der Waals surface area contributed by atoms with E-state index in [2.05, 4.69) is 33.4 Å². The first-order valence-electron chi connectivity index (χ1n) is 10.4. The molecular formula is C25H23N3O2S. The number of amides is 1. The van der Waals surface area contributed by atoms with E-state index in [1.807, 2.05) is 54.0 Å². The third-order valence-electron chi connectivity index (χ3n) is 5.54. The van der Waals surface area contributed by atoms with Crippen LogP contribution in [0.25, 0.3) is 21.3 Å². The minimum Gasteiger partial charge on any atom is -0.379 e. The van der Waals surface area contributed by atoms with Crippen LogP contribution in [0, 0.1) is 0 Å². The summed E-state index contributed by atoms with van der Waals surface area (Å²) in [5, 5.41) is 3.02. The van der Waals surface area contributed by atoms with Crippen molar-refractivity contribution in [3.8, 4) is 11.1 Å². The number of nitrogens with zero attached hydrogens (tertiary/aromatic N) is 2. The van der Waals surface area contributed by atoms with Crippen molar-refractivity contribution in [1.29, 1.82) is 0 Å². The normalized spacial score (nSPS) is 14.6. The Balaban J connectivity index is 1.43. The summed E-state index contributed by atoms with van der Waals surface area (Å²) in [6.07, 6.45) is 0. The van der Waals surface area contributed by atoms with Gasteiger partial charge in [-0.05, 0) is 47.0 Å². The molecule has 0 radical (unpaired) electrons. The van der Waals surface area contributed by atoms with Crippen molar-refractivity contribution >= 4 is 33.1 Å². The Morgan fingerprint density at radius 1 is 1.03 bits per heavy atom. The maximum Gasteiger partial charge on any atom is 0.255 e. The molecule has 5 rings (SSSR count). The molecule has 31 heavy (non-hydrogen) atoms. The van der Waals surface area contributed by atoms with Crippen molar-refractivity contribution < 1.29 is 9.53 Å². The molecule has 0 saturated carbocycles. The van der Waals surface area contributed by atoms with Crippen LogP contribution in [0.3, 0.4) is 0 Å². The highest BCUT2D eigenvalue weighted by Crippen LogP contribution is 2.27. The van der Waals surface area contributed by atoms with Gasteiger partial charge in [-0.1, -0.05) is 36.4 Å². The van der Waals surface area contributed by atoms with E-state index < -0.39 is 0 Å². The molecule has 1 fully saturated rings. The fraction of sp³-hybridized carbons (Fsp3) is 0.200. The average Bonchev–Trinajstić information content (AvgIpc) is 3.28. The lowest BCUT2D eigenvalue weighted by molar-refractivity contribution is 0.0342. The fourth-order valence-corrected chi connectivity index (χ4v) is 4.56. The summed E-state index contributed by atoms with van der Waals surface area (Å²) in [5.41, 5.74) is 7.59. The number of fused-ring (bicyclic) bond motifs is 1. The van der Waals surface area contributed by atoms with Crippen LogP contribution < -0.4 is 5.32 Å². The third-order valence-corrected chi connectivity index (χ3v) is 6.35. The molecule has 6 heteroatoms. The summed E-state index contributed by atoms with van der Waals surface area (Å²) in [4.78, 5) is 19.7. The molecule has 156 valence electrons. The average molecular weight is 430 g/mol. The Bertz CT molecular complexity index is 1200. The molecule has 4 aromatic rings. The number of aromatic nitrogens is 1. The van der Waals surface area contributed by atoms with E-state index in [1.54, 1.807) is 11.3 Å². The first kappa shape index (κ1) is 19.9. The molecular weight excluding hydrogens is 406 g/mol. The second-order valence-corrected chi connectivity index (χ2v) is 8.50. The zero-order valence-electron chi connectivity index (χ0n) is 17.1. The molecule has 0 aliphatic carbocycles. The highest BCUT2D eigenvalue weighted by Gasteiger charge is 2.16. The molecule has 5 nitrogen and oxygen atoms in total. The van der Waals surface area contributed by atoms with Gasteiger partial charge < -0.3 is 10.1 Å². The van der Waals surface area contributed by atoms with E-state index >= 15 is 0 Å². The molecule has 0 atom stereocenters. The summed E-state index contributed by atoms with van der Waals surface area (Å²) in [6, 6.07) is 22.1. The Kier molecular flexibility index (Phi) is 5.76. The Morgan fingerprint density at radius 3 is 2.71 bits per heavy atom. The van der Waals surface area contributed by atoms with Crippen molar-refractivity contribution in [3.63, 3.8) is 0 Å². The van der Waals surface area contributed by atoms with E-state index in [1.165, 1.54) is 0 Å². The quantitative estimate of drug-likeness (QED) is 0.482. The standard InChI is InChI=1S/C25H23N3O2S/c29-25(27-21-7-9-24-23(15-21)26-17-31-24)19-6-8-22(18-4-2-1-3-5-18)20(14-19)16-28-10-12-30-13-11-28/h1-9,14-15,17H,10-13,16H2,(H,27,29). The first-order chi connectivity index (χ1) is 15.3. The van der Waals surface area contributed by atoms with Gasteiger partial charge in [-0.15, -0.1) is 11.3 Å². The number of rotatable bonds is 5. The van der Waals surface area contributed by atoms with Gasteiger partial charge in [-0.25, -0.2) is 4.98 Å². The number of anilines is 1. The Hall–Kier alpha value is -3.06. The van der Waals surface area contributed by atoms with Crippen LogP contribution in [0.15, 0.2) is 72.2 Å². The summed E-state index contributed by atoms with van der Waals surface area (Å²) < 4.78 is 6.60. The number of carbonyl (C=O) groups excluding carboxylic acids is 1. The van der Waals surface area contributed by atoms with Gasteiger partial charge in [0.25, 0.3) is 5.91 Å². The number of nitrogens with one attached hydrogen (secondary N) is 1. The third kappa shape index (κ3) is 4.51. The van der Waals surface area contributed by atoms with Gasteiger partial charge in [0.1, 0.15) is 0 Å². The highest BCUT2D eigenvalue weighted by molar-refractivity contribution is 7.16. The fourth-order valence-electron chi connectivity index (χ4n) is 3.90. The monoisotopic (exact) mass is 429 g/mol. The van der Waals surface area contributed by atoms with Crippen molar-refractivity contribution in [1.82, 2.24) is 9.88 Å². The van der Waals surface area contributed by atoms with E-state index in [0.717, 1.165) is 65.4 Å². The lowest BCUT2D eigenvalue weighted by Crippen LogP contribution is -2.35. The van der Waals surface area contributed by atoms with E-state index in [4.69, 9.17) is 4.74 Å². The molecule has 1 saturated heterocycles. The molecule has 1 aliphatic heterocycles. The van der Waals surface area contributed by atoms with Crippen molar-refractivity contribution in [2.75, 3.05) is 31.6 Å². The number of thiazole rings is 1. The molecule has 0 bridgehead atoms. The number of morpholine rings is 1. The number of ether oxygens (including phenoxy) is 1. The van der Waals surface area contributed by atoms with Crippen LogP contribution in [0.1, 0.15) is 15.9 Å². The number of hydrogen-bond acceptors (Lipinski definition) is 5. The molecule has 0 unspecified atom stereocenters. The van der Waals surface area contributed by atoms with Crippen LogP contribution in [-0.4, -0.2) is 42.1 Å². The minimum atomic E-state index is -0.114. The second kappa shape index (κ2) is 8.98. The SMILES string of the molecule is O=C(Nc1ccc2scnc2c1)c1ccc(-c2ccccc2)c(CN2CCOCC2)c1. The Morgan fingerprint density at radius 2 is 1.87 bits per heavy atom. The zero-order valence-corrected chi connectivity index (χ0v) is 17.9. The minimum absolute atomic E-state index is 0.114. The second-order valence-electron chi connectivity index (χ2n) is 7.62. The van der Waals surface area contributed by atoms with E-state index in [0.29, 0.717) is 5.56 Å².